The van der Waals surface area contributed by atoms with Crippen LogP contribution in [-0.2, 0) is 13.5 Å². The molecule has 1 aliphatic heterocycles. The molecule has 0 radical (unpaired) electrons. The molecule has 2 heterocycles. The molecule has 1 aromatic heterocycles. The van der Waals surface area contributed by atoms with E-state index in [1.54, 1.807) is 0 Å². The monoisotopic (exact) mass is 194 g/mol. The lowest BCUT2D eigenvalue weighted by molar-refractivity contribution is 0.292. The Morgan fingerprint density at radius 2 is 2.36 bits per heavy atom. The molecule has 2 atom stereocenters. The zero-order valence-corrected chi connectivity index (χ0v) is 8.85. The average Bonchev–Trinajstić information content (AvgIpc) is 2.67. The predicted octanol–water partition coefficient (Wildman–Crippen LogP) is -0.00600. The highest BCUT2D eigenvalue weighted by atomic mass is 15.3. The zero-order chi connectivity index (χ0) is 10.1. The number of aromatic nitrogens is 2. The third-order valence-electron chi connectivity index (χ3n) is 3.22. The van der Waals surface area contributed by atoms with Gasteiger partial charge in [-0.15, -0.1) is 0 Å². The van der Waals surface area contributed by atoms with Crippen LogP contribution in [0.3, 0.4) is 0 Å². The summed E-state index contributed by atoms with van der Waals surface area (Å²) >= 11 is 0. The van der Waals surface area contributed by atoms with E-state index in [2.05, 4.69) is 23.1 Å². The normalized spacial score (nSPS) is 28.5. The van der Waals surface area contributed by atoms with Crippen LogP contribution in [0.5, 0.6) is 0 Å². The molecule has 14 heavy (non-hydrogen) atoms. The first-order chi connectivity index (χ1) is 6.68. The van der Waals surface area contributed by atoms with Crippen LogP contribution in [0.4, 0.5) is 0 Å². The van der Waals surface area contributed by atoms with Crippen molar-refractivity contribution in [2.24, 2.45) is 12.8 Å². The fourth-order valence-electron chi connectivity index (χ4n) is 2.16. The van der Waals surface area contributed by atoms with E-state index in [9.17, 15) is 0 Å². The van der Waals surface area contributed by atoms with Crippen LogP contribution in [0.2, 0.25) is 0 Å². The molecule has 0 spiro atoms. The van der Waals surface area contributed by atoms with Crippen molar-refractivity contribution >= 4 is 0 Å². The van der Waals surface area contributed by atoms with E-state index in [-0.39, 0.29) is 0 Å². The molecule has 0 amide bonds. The molecule has 2 N–H and O–H groups in total. The Morgan fingerprint density at radius 1 is 1.57 bits per heavy atom. The first-order valence-electron chi connectivity index (χ1n) is 5.11. The number of hydrogen-bond acceptors (Lipinski definition) is 3. The van der Waals surface area contributed by atoms with Crippen molar-refractivity contribution in [1.82, 2.24) is 14.7 Å². The Morgan fingerprint density at radius 3 is 2.86 bits per heavy atom. The predicted molar refractivity (Wildman–Crippen MR) is 55.9 cm³/mol. The van der Waals surface area contributed by atoms with Crippen molar-refractivity contribution in [3.05, 3.63) is 18.0 Å². The minimum atomic E-state index is 0.315. The molecule has 2 unspecified atom stereocenters. The van der Waals surface area contributed by atoms with Crippen LogP contribution in [0.25, 0.3) is 0 Å². The molecule has 1 saturated heterocycles. The Bertz CT molecular complexity index is 297. The number of hydrogen-bond donors (Lipinski definition) is 1. The fourth-order valence-corrected chi connectivity index (χ4v) is 2.16. The maximum Gasteiger partial charge on any atom is 0.0492 e. The van der Waals surface area contributed by atoms with Crippen molar-refractivity contribution < 1.29 is 0 Å². The van der Waals surface area contributed by atoms with Gasteiger partial charge >= 0.3 is 0 Å². The molecule has 1 fully saturated rings. The Balaban J connectivity index is 2.07. The summed E-state index contributed by atoms with van der Waals surface area (Å²) in [4.78, 5) is 2.34. The maximum absolute atomic E-state index is 6.06. The lowest BCUT2D eigenvalue weighted by Gasteiger charge is -2.22. The average molecular weight is 194 g/mol. The van der Waals surface area contributed by atoms with Crippen LogP contribution in [0.1, 0.15) is 12.1 Å². The Labute approximate surface area is 84.7 Å². The number of nitrogens with two attached hydrogens (primary N) is 1. The van der Waals surface area contributed by atoms with E-state index in [1.807, 2.05) is 17.9 Å². The molecule has 1 aliphatic rings. The largest absolute Gasteiger partial charge is 0.326 e. The van der Waals surface area contributed by atoms with Crippen molar-refractivity contribution in [2.45, 2.75) is 24.9 Å². The summed E-state index contributed by atoms with van der Waals surface area (Å²) in [6.45, 7) is 1.11. The van der Waals surface area contributed by atoms with Crippen LogP contribution >= 0.6 is 0 Å². The molecule has 78 valence electrons. The van der Waals surface area contributed by atoms with Crippen LogP contribution in [0.15, 0.2) is 12.3 Å². The van der Waals surface area contributed by atoms with Gasteiger partial charge in [0.05, 0.1) is 0 Å². The van der Waals surface area contributed by atoms with Gasteiger partial charge in [0, 0.05) is 37.4 Å². The number of nitrogens with zero attached hydrogens (tertiary/aromatic N) is 3. The summed E-state index contributed by atoms with van der Waals surface area (Å²) in [6.07, 6.45) is 3.96. The van der Waals surface area contributed by atoms with E-state index < -0.39 is 0 Å². The van der Waals surface area contributed by atoms with Crippen molar-refractivity contribution in [3.8, 4) is 0 Å². The SMILES string of the molecule is CN1CCC(N)C1Cc1ccnn1C. The standard InChI is InChI=1S/C10H18N4/c1-13-6-4-9(11)10(13)7-8-3-5-12-14(8)2/h3,5,9-10H,4,6-7,11H2,1-2H3. The third kappa shape index (κ3) is 1.67. The maximum atomic E-state index is 6.06. The summed E-state index contributed by atoms with van der Waals surface area (Å²) < 4.78 is 1.93. The highest BCUT2D eigenvalue weighted by Crippen LogP contribution is 2.17. The molecule has 4 nitrogen and oxygen atoms in total. The van der Waals surface area contributed by atoms with Gasteiger partial charge in [0.2, 0.25) is 0 Å². The summed E-state index contributed by atoms with van der Waals surface area (Å²) in [5.41, 5.74) is 7.33. The molecule has 0 aromatic carbocycles. The smallest absolute Gasteiger partial charge is 0.0492 e. The summed E-state index contributed by atoms with van der Waals surface area (Å²) in [5.74, 6) is 0. The lowest BCUT2D eigenvalue weighted by atomic mass is 10.1. The van der Waals surface area contributed by atoms with Crippen molar-refractivity contribution in [2.75, 3.05) is 13.6 Å². The van der Waals surface area contributed by atoms with Gasteiger partial charge in [-0.2, -0.15) is 5.10 Å². The van der Waals surface area contributed by atoms with Gasteiger partial charge in [0.15, 0.2) is 0 Å². The van der Waals surface area contributed by atoms with Gasteiger partial charge in [-0.05, 0) is 26.1 Å². The zero-order valence-electron chi connectivity index (χ0n) is 8.85. The van der Waals surface area contributed by atoms with E-state index in [1.165, 1.54) is 5.69 Å². The second-order valence-corrected chi connectivity index (χ2v) is 4.15. The molecule has 0 bridgehead atoms. The van der Waals surface area contributed by atoms with E-state index in [4.69, 9.17) is 5.73 Å². The second kappa shape index (κ2) is 3.71. The molecular weight excluding hydrogens is 176 g/mol. The lowest BCUT2D eigenvalue weighted by Crippen LogP contribution is -2.39. The van der Waals surface area contributed by atoms with Crippen molar-refractivity contribution in [3.63, 3.8) is 0 Å². The summed E-state index contributed by atoms with van der Waals surface area (Å²) in [7, 11) is 4.13. The van der Waals surface area contributed by atoms with Crippen molar-refractivity contribution in [1.29, 1.82) is 0 Å². The first kappa shape index (κ1) is 9.68. The molecule has 0 saturated carbocycles. The van der Waals surface area contributed by atoms with Crippen LogP contribution < -0.4 is 5.73 Å². The van der Waals surface area contributed by atoms with E-state index in [0.717, 1.165) is 19.4 Å². The molecular formula is C10H18N4. The van der Waals surface area contributed by atoms with E-state index in [0.29, 0.717) is 12.1 Å². The van der Waals surface area contributed by atoms with E-state index >= 15 is 0 Å². The van der Waals surface area contributed by atoms with Gasteiger partial charge in [-0.25, -0.2) is 0 Å². The van der Waals surface area contributed by atoms with Crippen LogP contribution in [0, 0.1) is 0 Å². The minimum absolute atomic E-state index is 0.315. The highest BCUT2D eigenvalue weighted by Gasteiger charge is 2.29. The van der Waals surface area contributed by atoms with Gasteiger partial charge in [0.1, 0.15) is 0 Å². The topological polar surface area (TPSA) is 47.1 Å². The third-order valence-corrected chi connectivity index (χ3v) is 3.22. The number of likely N-dealkylation sites (tertiary alicyclic amines) is 1. The molecule has 2 rings (SSSR count). The highest BCUT2D eigenvalue weighted by molar-refractivity contribution is 5.05. The molecule has 4 heteroatoms. The molecule has 1 aromatic rings. The Kier molecular flexibility index (Phi) is 2.56. The second-order valence-electron chi connectivity index (χ2n) is 4.15. The van der Waals surface area contributed by atoms with Gasteiger partial charge in [-0.3, -0.25) is 4.68 Å². The molecule has 0 aliphatic carbocycles. The Hall–Kier alpha value is -0.870. The summed E-state index contributed by atoms with van der Waals surface area (Å²) in [6, 6.07) is 2.86. The minimum Gasteiger partial charge on any atom is -0.326 e. The number of aryl methyl sites for hydroxylation is 1. The van der Waals surface area contributed by atoms with Crippen LogP contribution in [-0.4, -0.2) is 40.4 Å². The first-order valence-corrected chi connectivity index (χ1v) is 5.11. The van der Waals surface area contributed by atoms with Gasteiger partial charge in [-0.1, -0.05) is 0 Å². The fraction of sp³-hybridized carbons (Fsp3) is 0.700. The quantitative estimate of drug-likeness (QED) is 0.720. The number of rotatable bonds is 2. The number of likely N-dealkylation sites (N-methyl/N-ethyl adjacent to an activating group) is 1. The summed E-state index contributed by atoms with van der Waals surface area (Å²) in [5, 5.41) is 4.17. The van der Waals surface area contributed by atoms with Gasteiger partial charge < -0.3 is 10.6 Å². The van der Waals surface area contributed by atoms with Gasteiger partial charge in [0.25, 0.3) is 0 Å².